The summed E-state index contributed by atoms with van der Waals surface area (Å²) >= 11 is 11.9. The summed E-state index contributed by atoms with van der Waals surface area (Å²) in [6.45, 7) is 0. The summed E-state index contributed by atoms with van der Waals surface area (Å²) in [5.41, 5.74) is 1.68. The number of halogens is 2. The van der Waals surface area contributed by atoms with E-state index in [1.807, 2.05) is 0 Å². The van der Waals surface area contributed by atoms with Gasteiger partial charge >= 0.3 is 5.97 Å². The molecule has 0 fully saturated rings. The van der Waals surface area contributed by atoms with Crippen molar-refractivity contribution < 1.29 is 9.53 Å². The Morgan fingerprint density at radius 1 is 1.00 bits per heavy atom. The van der Waals surface area contributed by atoms with Crippen LogP contribution in [-0.2, 0) is 0 Å². The Bertz CT molecular complexity index is 837. The van der Waals surface area contributed by atoms with Crippen molar-refractivity contribution in [2.24, 2.45) is 0 Å². The van der Waals surface area contributed by atoms with Crippen LogP contribution in [0.2, 0.25) is 10.0 Å². The van der Waals surface area contributed by atoms with Gasteiger partial charge in [-0.1, -0.05) is 29.3 Å². The molecule has 0 aliphatic rings. The topological polar surface area (TPSA) is 52.1 Å². The van der Waals surface area contributed by atoms with Crippen LogP contribution >= 0.6 is 23.2 Å². The minimum atomic E-state index is -0.535. The molecule has 2 aromatic carbocycles. The first-order chi connectivity index (χ1) is 10.1. The van der Waals surface area contributed by atoms with Crippen molar-refractivity contribution in [3.8, 4) is 5.75 Å². The zero-order valence-electron chi connectivity index (χ0n) is 10.6. The number of esters is 1. The lowest BCUT2D eigenvalue weighted by atomic mass is 10.2. The summed E-state index contributed by atoms with van der Waals surface area (Å²) in [4.78, 5) is 20.4. The number of fused-ring (bicyclic) bond motifs is 1. The second-order valence-corrected chi connectivity index (χ2v) is 4.99. The summed E-state index contributed by atoms with van der Waals surface area (Å²) in [7, 11) is 0. The minimum Gasteiger partial charge on any atom is -0.421 e. The number of ether oxygens (including phenoxy) is 1. The van der Waals surface area contributed by atoms with Gasteiger partial charge in [0.25, 0.3) is 0 Å². The number of carbonyl (C=O) groups excluding carboxylic acids is 1. The van der Waals surface area contributed by atoms with Crippen LogP contribution in [-0.4, -0.2) is 15.9 Å². The summed E-state index contributed by atoms with van der Waals surface area (Å²) in [5.74, 6) is -0.319. The van der Waals surface area contributed by atoms with Gasteiger partial charge in [0.1, 0.15) is 5.02 Å². The zero-order chi connectivity index (χ0) is 14.8. The van der Waals surface area contributed by atoms with Gasteiger partial charge in [0.2, 0.25) is 0 Å². The monoisotopic (exact) mass is 318 g/mol. The molecule has 0 unspecified atom stereocenters. The van der Waals surface area contributed by atoms with E-state index in [2.05, 4.69) is 9.97 Å². The van der Waals surface area contributed by atoms with Gasteiger partial charge in [-0.15, -0.1) is 0 Å². The predicted octanol–water partition coefficient (Wildman–Crippen LogP) is 4.16. The van der Waals surface area contributed by atoms with Crippen molar-refractivity contribution in [3.63, 3.8) is 0 Å². The molecule has 0 aliphatic carbocycles. The Kier molecular flexibility index (Phi) is 3.73. The molecule has 104 valence electrons. The highest BCUT2D eigenvalue weighted by molar-refractivity contribution is 6.43. The highest BCUT2D eigenvalue weighted by Gasteiger charge is 2.13. The maximum absolute atomic E-state index is 12.1. The van der Waals surface area contributed by atoms with Gasteiger partial charge < -0.3 is 4.74 Å². The number of hydrogen-bond donors (Lipinski definition) is 0. The van der Waals surface area contributed by atoms with Gasteiger partial charge in [0.15, 0.2) is 5.75 Å². The molecule has 0 amide bonds. The SMILES string of the molecule is O=C(Oc1cccc(Cl)c1Cl)c1ccc2nccnc2c1. The Labute approximate surface area is 130 Å². The summed E-state index contributed by atoms with van der Waals surface area (Å²) in [5, 5.41) is 0.527. The molecule has 0 N–H and O–H groups in total. The smallest absolute Gasteiger partial charge is 0.343 e. The molecule has 0 saturated heterocycles. The summed E-state index contributed by atoms with van der Waals surface area (Å²) < 4.78 is 5.26. The van der Waals surface area contributed by atoms with Gasteiger partial charge in [-0.05, 0) is 30.3 Å². The van der Waals surface area contributed by atoms with Crippen LogP contribution in [0.3, 0.4) is 0 Å². The van der Waals surface area contributed by atoms with Gasteiger partial charge in [0, 0.05) is 12.4 Å². The molecule has 0 aliphatic heterocycles. The molecule has 0 radical (unpaired) electrons. The Morgan fingerprint density at radius 2 is 1.76 bits per heavy atom. The van der Waals surface area contributed by atoms with E-state index in [0.29, 0.717) is 21.6 Å². The fraction of sp³-hybridized carbons (Fsp3) is 0. The molecule has 1 aromatic heterocycles. The van der Waals surface area contributed by atoms with Crippen LogP contribution in [0.5, 0.6) is 5.75 Å². The van der Waals surface area contributed by atoms with E-state index in [4.69, 9.17) is 27.9 Å². The Balaban J connectivity index is 1.91. The van der Waals surface area contributed by atoms with Crippen molar-refractivity contribution in [1.82, 2.24) is 9.97 Å². The Hall–Kier alpha value is -2.17. The van der Waals surface area contributed by atoms with E-state index in [0.717, 1.165) is 0 Å². The standard InChI is InChI=1S/C15H8Cl2N2O2/c16-10-2-1-3-13(14(10)17)21-15(20)9-4-5-11-12(8-9)19-7-6-18-11/h1-8H. The van der Waals surface area contributed by atoms with E-state index < -0.39 is 5.97 Å². The quantitative estimate of drug-likeness (QED) is 0.526. The molecule has 21 heavy (non-hydrogen) atoms. The molecule has 4 nitrogen and oxygen atoms in total. The fourth-order valence-corrected chi connectivity index (χ4v) is 2.14. The highest BCUT2D eigenvalue weighted by Crippen LogP contribution is 2.32. The van der Waals surface area contributed by atoms with Gasteiger partial charge in [0.05, 0.1) is 21.6 Å². The number of nitrogens with zero attached hydrogens (tertiary/aromatic N) is 2. The molecule has 1 heterocycles. The molecule has 6 heteroatoms. The van der Waals surface area contributed by atoms with Gasteiger partial charge in [-0.3, -0.25) is 9.97 Å². The number of carbonyl (C=O) groups is 1. The largest absolute Gasteiger partial charge is 0.421 e. The molecule has 3 rings (SSSR count). The van der Waals surface area contributed by atoms with Crippen LogP contribution in [0.15, 0.2) is 48.8 Å². The molecular formula is C15H8Cl2N2O2. The van der Waals surface area contributed by atoms with Crippen molar-refractivity contribution in [3.05, 3.63) is 64.4 Å². The van der Waals surface area contributed by atoms with Crippen LogP contribution in [0.25, 0.3) is 11.0 Å². The normalized spacial score (nSPS) is 10.6. The number of hydrogen-bond acceptors (Lipinski definition) is 4. The zero-order valence-corrected chi connectivity index (χ0v) is 12.1. The molecule has 0 atom stereocenters. The third-order valence-corrected chi connectivity index (χ3v) is 3.63. The Morgan fingerprint density at radius 3 is 2.57 bits per heavy atom. The first kappa shape index (κ1) is 13.8. The highest BCUT2D eigenvalue weighted by atomic mass is 35.5. The van der Waals surface area contributed by atoms with E-state index in [1.165, 1.54) is 0 Å². The molecular weight excluding hydrogens is 311 g/mol. The van der Waals surface area contributed by atoms with Crippen LogP contribution in [0, 0.1) is 0 Å². The van der Waals surface area contributed by atoms with E-state index in [-0.39, 0.29) is 10.8 Å². The van der Waals surface area contributed by atoms with E-state index >= 15 is 0 Å². The van der Waals surface area contributed by atoms with Crippen molar-refractivity contribution in [2.75, 3.05) is 0 Å². The summed E-state index contributed by atoms with van der Waals surface area (Å²) in [6.07, 6.45) is 3.15. The fourth-order valence-electron chi connectivity index (χ4n) is 1.81. The minimum absolute atomic E-state index is 0.202. The first-order valence-corrected chi connectivity index (χ1v) is 6.78. The molecule has 0 spiro atoms. The maximum atomic E-state index is 12.1. The predicted molar refractivity (Wildman–Crippen MR) is 81.0 cm³/mol. The van der Waals surface area contributed by atoms with Crippen LogP contribution < -0.4 is 4.74 Å². The van der Waals surface area contributed by atoms with E-state index in [1.54, 1.807) is 48.8 Å². The lowest BCUT2D eigenvalue weighted by molar-refractivity contribution is 0.0735. The third kappa shape index (κ3) is 2.82. The summed E-state index contributed by atoms with van der Waals surface area (Å²) in [6, 6.07) is 9.79. The van der Waals surface area contributed by atoms with Crippen LogP contribution in [0.4, 0.5) is 0 Å². The van der Waals surface area contributed by atoms with Crippen LogP contribution in [0.1, 0.15) is 10.4 Å². The number of aromatic nitrogens is 2. The lowest BCUT2D eigenvalue weighted by Gasteiger charge is -2.07. The van der Waals surface area contributed by atoms with Gasteiger partial charge in [-0.2, -0.15) is 0 Å². The third-order valence-electron chi connectivity index (χ3n) is 2.82. The van der Waals surface area contributed by atoms with Crippen molar-refractivity contribution in [2.45, 2.75) is 0 Å². The van der Waals surface area contributed by atoms with Crippen molar-refractivity contribution in [1.29, 1.82) is 0 Å². The van der Waals surface area contributed by atoms with Gasteiger partial charge in [-0.25, -0.2) is 4.79 Å². The van der Waals surface area contributed by atoms with Crippen molar-refractivity contribution >= 4 is 40.2 Å². The average Bonchev–Trinajstić information content (AvgIpc) is 2.51. The second-order valence-electron chi connectivity index (χ2n) is 4.20. The molecule has 0 saturated carbocycles. The first-order valence-electron chi connectivity index (χ1n) is 6.02. The number of rotatable bonds is 2. The second kappa shape index (κ2) is 5.68. The average molecular weight is 319 g/mol. The molecule has 0 bridgehead atoms. The molecule has 3 aromatic rings. The maximum Gasteiger partial charge on any atom is 0.343 e. The number of benzene rings is 2. The lowest BCUT2D eigenvalue weighted by Crippen LogP contribution is -2.09. The van der Waals surface area contributed by atoms with E-state index in [9.17, 15) is 4.79 Å².